The lowest BCUT2D eigenvalue weighted by Gasteiger charge is -2.52. The summed E-state index contributed by atoms with van der Waals surface area (Å²) in [4.78, 5) is 2.43. The zero-order valence-corrected chi connectivity index (χ0v) is 14.0. The van der Waals surface area contributed by atoms with Crippen LogP contribution in [0.1, 0.15) is 57.8 Å². The minimum Gasteiger partial charge on any atom is -0.329 e. The molecule has 122 valence electrons. The molecular weight excluding hydrogens is 284 g/mol. The maximum Gasteiger partial charge on any atom is 0.152 e. The maximum atomic E-state index is 12.1. The number of nitrogens with two attached hydrogens (primary N) is 1. The molecule has 0 aromatic heterocycles. The smallest absolute Gasteiger partial charge is 0.152 e. The quantitative estimate of drug-likeness (QED) is 0.846. The Morgan fingerprint density at radius 1 is 0.905 bits per heavy atom. The minimum atomic E-state index is -2.91. The first-order valence-corrected chi connectivity index (χ1v) is 10.5. The Labute approximate surface area is 129 Å². The zero-order valence-electron chi connectivity index (χ0n) is 13.1. The van der Waals surface area contributed by atoms with Gasteiger partial charge in [-0.05, 0) is 57.0 Å². The van der Waals surface area contributed by atoms with Gasteiger partial charge in [-0.3, -0.25) is 4.90 Å². The van der Waals surface area contributed by atoms with Crippen molar-refractivity contribution in [2.45, 2.75) is 63.3 Å². The van der Waals surface area contributed by atoms with Crippen LogP contribution in [0.15, 0.2) is 0 Å². The highest BCUT2D eigenvalue weighted by Gasteiger charge is 2.46. The summed E-state index contributed by atoms with van der Waals surface area (Å²) in [5, 5.41) is 0. The molecule has 0 aromatic carbocycles. The summed E-state index contributed by atoms with van der Waals surface area (Å²) in [5.41, 5.74) is 6.35. The van der Waals surface area contributed by atoms with E-state index in [1.807, 2.05) is 0 Å². The molecule has 1 spiro atoms. The second-order valence-electron chi connectivity index (χ2n) is 7.67. The van der Waals surface area contributed by atoms with Crippen molar-refractivity contribution < 1.29 is 8.42 Å². The monoisotopic (exact) mass is 314 g/mol. The van der Waals surface area contributed by atoms with Crippen molar-refractivity contribution in [3.8, 4) is 0 Å². The number of sulfone groups is 1. The highest BCUT2D eigenvalue weighted by atomic mass is 32.2. The lowest BCUT2D eigenvalue weighted by molar-refractivity contribution is 0.00750. The molecule has 3 rings (SSSR count). The predicted molar refractivity (Wildman–Crippen MR) is 86.0 cm³/mol. The van der Waals surface area contributed by atoms with Crippen LogP contribution in [0.2, 0.25) is 0 Å². The molecule has 21 heavy (non-hydrogen) atoms. The van der Waals surface area contributed by atoms with E-state index in [4.69, 9.17) is 5.73 Å². The van der Waals surface area contributed by atoms with Gasteiger partial charge in [0, 0.05) is 12.1 Å². The maximum absolute atomic E-state index is 12.1. The Hall–Kier alpha value is -0.130. The number of hydrogen-bond donors (Lipinski definition) is 1. The third-order valence-electron chi connectivity index (χ3n) is 6.38. The zero-order chi connectivity index (χ0) is 15.0. The van der Waals surface area contributed by atoms with Crippen LogP contribution in [-0.2, 0) is 9.84 Å². The van der Waals surface area contributed by atoms with E-state index in [0.717, 1.165) is 25.9 Å². The van der Waals surface area contributed by atoms with Gasteiger partial charge in [0.05, 0.1) is 11.5 Å². The molecule has 5 heteroatoms. The molecule has 0 aromatic rings. The Morgan fingerprint density at radius 2 is 1.57 bits per heavy atom. The normalized spacial score (nSPS) is 36.6. The summed E-state index contributed by atoms with van der Waals surface area (Å²) < 4.78 is 24.2. The third-order valence-corrected chi connectivity index (χ3v) is 8.26. The fourth-order valence-corrected chi connectivity index (χ4v) is 6.96. The summed E-state index contributed by atoms with van der Waals surface area (Å²) in [6, 6.07) is 0. The van der Waals surface area contributed by atoms with Gasteiger partial charge < -0.3 is 5.73 Å². The summed E-state index contributed by atoms with van der Waals surface area (Å²) in [6.07, 6.45) is 11.2. The van der Waals surface area contributed by atoms with Gasteiger partial charge in [-0.25, -0.2) is 8.42 Å². The van der Waals surface area contributed by atoms with E-state index in [2.05, 4.69) is 4.90 Å². The van der Waals surface area contributed by atoms with Gasteiger partial charge in [-0.1, -0.05) is 19.3 Å². The largest absolute Gasteiger partial charge is 0.329 e. The minimum absolute atomic E-state index is 0.270. The Morgan fingerprint density at radius 3 is 2.14 bits per heavy atom. The fraction of sp³-hybridized carbons (Fsp3) is 1.00. The van der Waals surface area contributed by atoms with Gasteiger partial charge in [0.15, 0.2) is 9.84 Å². The van der Waals surface area contributed by atoms with E-state index < -0.39 is 9.84 Å². The van der Waals surface area contributed by atoms with Crippen molar-refractivity contribution in [1.82, 2.24) is 4.90 Å². The molecule has 0 bridgehead atoms. The van der Waals surface area contributed by atoms with Crippen molar-refractivity contribution in [2.75, 3.05) is 31.1 Å². The van der Waals surface area contributed by atoms with E-state index in [-0.39, 0.29) is 11.3 Å². The first kappa shape index (κ1) is 15.8. The van der Waals surface area contributed by atoms with Crippen LogP contribution in [-0.4, -0.2) is 50.0 Å². The molecule has 2 saturated heterocycles. The Balaban J connectivity index is 1.69. The second-order valence-corrected chi connectivity index (χ2v) is 9.86. The molecule has 2 heterocycles. The molecule has 0 amide bonds. The Bertz CT molecular complexity index is 461. The molecule has 1 aliphatic carbocycles. The van der Waals surface area contributed by atoms with Gasteiger partial charge in [-0.15, -0.1) is 0 Å². The number of likely N-dealkylation sites (tertiary alicyclic amines) is 1. The third kappa shape index (κ3) is 3.15. The van der Waals surface area contributed by atoms with Crippen molar-refractivity contribution in [2.24, 2.45) is 11.1 Å². The van der Waals surface area contributed by atoms with Crippen LogP contribution in [0.4, 0.5) is 0 Å². The molecule has 4 nitrogen and oxygen atoms in total. The first-order valence-electron chi connectivity index (χ1n) is 8.65. The van der Waals surface area contributed by atoms with Crippen LogP contribution < -0.4 is 5.73 Å². The van der Waals surface area contributed by atoms with Gasteiger partial charge in [0.1, 0.15) is 0 Å². The number of nitrogens with zero attached hydrogens (tertiary/aromatic N) is 1. The SMILES string of the molecule is NCC1(N2CCC3(CCCCC3)CC2)CCCS(=O)(=O)C1. The van der Waals surface area contributed by atoms with Crippen LogP contribution in [0.25, 0.3) is 0 Å². The van der Waals surface area contributed by atoms with E-state index in [9.17, 15) is 8.42 Å². The standard InChI is InChI=1S/C16H30N2O2S/c17-13-16(7-4-12-21(19,20)14-16)18-10-8-15(9-11-18)5-2-1-3-6-15/h1-14,17H2. The number of piperidine rings is 1. The van der Waals surface area contributed by atoms with Gasteiger partial charge in [0.2, 0.25) is 0 Å². The van der Waals surface area contributed by atoms with E-state index in [1.165, 1.54) is 44.9 Å². The molecule has 0 radical (unpaired) electrons. The van der Waals surface area contributed by atoms with Gasteiger partial charge in [-0.2, -0.15) is 0 Å². The number of rotatable bonds is 2. The van der Waals surface area contributed by atoms with Crippen LogP contribution in [0.3, 0.4) is 0 Å². The predicted octanol–water partition coefficient (Wildman–Crippen LogP) is 1.94. The molecule has 1 atom stereocenters. The molecule has 3 aliphatic rings. The molecule has 3 fully saturated rings. The van der Waals surface area contributed by atoms with Gasteiger partial charge >= 0.3 is 0 Å². The van der Waals surface area contributed by atoms with Crippen LogP contribution >= 0.6 is 0 Å². The summed E-state index contributed by atoms with van der Waals surface area (Å²) in [6.45, 7) is 2.58. The fourth-order valence-electron chi connectivity index (χ4n) is 4.97. The molecule has 2 N–H and O–H groups in total. The van der Waals surface area contributed by atoms with E-state index >= 15 is 0 Å². The highest BCUT2D eigenvalue weighted by molar-refractivity contribution is 7.91. The van der Waals surface area contributed by atoms with Crippen LogP contribution in [0.5, 0.6) is 0 Å². The molecular formula is C16H30N2O2S. The average molecular weight is 314 g/mol. The second kappa shape index (κ2) is 5.82. The lowest BCUT2D eigenvalue weighted by Crippen LogP contribution is -2.62. The van der Waals surface area contributed by atoms with Gasteiger partial charge in [0.25, 0.3) is 0 Å². The Kier molecular flexibility index (Phi) is 4.37. The summed E-state index contributed by atoms with van der Waals surface area (Å²) >= 11 is 0. The van der Waals surface area contributed by atoms with Crippen LogP contribution in [0, 0.1) is 5.41 Å². The number of hydrogen-bond acceptors (Lipinski definition) is 4. The topological polar surface area (TPSA) is 63.4 Å². The van der Waals surface area contributed by atoms with Crippen molar-refractivity contribution in [1.29, 1.82) is 0 Å². The molecule has 1 saturated carbocycles. The summed E-state index contributed by atoms with van der Waals surface area (Å²) in [7, 11) is -2.91. The highest BCUT2D eigenvalue weighted by Crippen LogP contribution is 2.46. The van der Waals surface area contributed by atoms with Crippen molar-refractivity contribution >= 4 is 9.84 Å². The summed E-state index contributed by atoms with van der Waals surface area (Å²) in [5.74, 6) is 0.635. The molecule has 2 aliphatic heterocycles. The lowest BCUT2D eigenvalue weighted by atomic mass is 9.67. The first-order chi connectivity index (χ1) is 9.99. The molecule has 1 unspecified atom stereocenters. The van der Waals surface area contributed by atoms with Crippen molar-refractivity contribution in [3.63, 3.8) is 0 Å². The van der Waals surface area contributed by atoms with E-state index in [1.54, 1.807) is 0 Å². The average Bonchev–Trinajstić information content (AvgIpc) is 2.47. The van der Waals surface area contributed by atoms with Crippen molar-refractivity contribution in [3.05, 3.63) is 0 Å². The van der Waals surface area contributed by atoms with E-state index in [0.29, 0.717) is 17.7 Å².